The number of carbonyl (C=O) groups is 3. The smallest absolute Gasteiger partial charge is 0.314 e. The van der Waals surface area contributed by atoms with Gasteiger partial charge < -0.3 is 10.6 Å². The summed E-state index contributed by atoms with van der Waals surface area (Å²) < 4.78 is 0.871. The maximum absolute atomic E-state index is 11.8. The molecule has 0 aromatic heterocycles. The summed E-state index contributed by atoms with van der Waals surface area (Å²) in [6.45, 7) is 1.43. The van der Waals surface area contributed by atoms with Gasteiger partial charge in [0.25, 0.3) is 0 Å². The molecule has 0 aliphatic rings. The van der Waals surface area contributed by atoms with Gasteiger partial charge in [0, 0.05) is 21.4 Å². The molecule has 0 radical (unpaired) electrons. The molecular formula is C16H13BrN2O3. The molecule has 0 aliphatic carbocycles. The predicted molar refractivity (Wildman–Crippen MR) is 87.8 cm³/mol. The molecule has 6 heteroatoms. The first-order chi connectivity index (χ1) is 10.5. The average molecular weight is 361 g/mol. The van der Waals surface area contributed by atoms with Crippen LogP contribution in [0, 0.1) is 0 Å². The van der Waals surface area contributed by atoms with E-state index in [0.717, 1.165) is 4.47 Å². The van der Waals surface area contributed by atoms with Gasteiger partial charge >= 0.3 is 11.8 Å². The first-order valence-electron chi connectivity index (χ1n) is 6.44. The van der Waals surface area contributed by atoms with Gasteiger partial charge in [-0.1, -0.05) is 28.1 Å². The lowest BCUT2D eigenvalue weighted by Gasteiger charge is -2.07. The Morgan fingerprint density at radius 3 is 2.05 bits per heavy atom. The topological polar surface area (TPSA) is 75.3 Å². The molecule has 2 amide bonds. The van der Waals surface area contributed by atoms with Crippen LogP contribution >= 0.6 is 15.9 Å². The van der Waals surface area contributed by atoms with Crippen LogP contribution in [0.2, 0.25) is 0 Å². The highest BCUT2D eigenvalue weighted by molar-refractivity contribution is 9.10. The number of ketones is 1. The highest BCUT2D eigenvalue weighted by Crippen LogP contribution is 2.14. The zero-order chi connectivity index (χ0) is 16.1. The van der Waals surface area contributed by atoms with E-state index in [1.54, 1.807) is 42.5 Å². The van der Waals surface area contributed by atoms with Crippen molar-refractivity contribution in [1.29, 1.82) is 0 Å². The lowest BCUT2D eigenvalue weighted by molar-refractivity contribution is -0.132. The second kappa shape index (κ2) is 7.00. The standard InChI is InChI=1S/C16H13BrN2O3/c1-10(20)11-3-2-4-14(9-11)19-16(22)15(21)18-13-7-5-12(17)6-8-13/h2-9H,1H3,(H,18,21)(H,19,22). The minimum absolute atomic E-state index is 0.115. The third kappa shape index (κ3) is 4.26. The summed E-state index contributed by atoms with van der Waals surface area (Å²) in [5.41, 5.74) is 1.37. The zero-order valence-electron chi connectivity index (χ0n) is 11.7. The van der Waals surface area contributed by atoms with E-state index in [9.17, 15) is 14.4 Å². The maximum atomic E-state index is 11.8. The molecule has 0 atom stereocenters. The van der Waals surface area contributed by atoms with Crippen LogP contribution in [0.4, 0.5) is 11.4 Å². The largest absolute Gasteiger partial charge is 0.318 e. The van der Waals surface area contributed by atoms with Crippen molar-refractivity contribution in [3.63, 3.8) is 0 Å². The van der Waals surface area contributed by atoms with Crippen LogP contribution in [-0.4, -0.2) is 17.6 Å². The number of carbonyl (C=O) groups excluding carboxylic acids is 3. The van der Waals surface area contributed by atoms with Crippen molar-refractivity contribution in [2.24, 2.45) is 0 Å². The van der Waals surface area contributed by atoms with E-state index in [0.29, 0.717) is 16.9 Å². The molecule has 0 unspecified atom stereocenters. The van der Waals surface area contributed by atoms with Crippen LogP contribution in [0.25, 0.3) is 0 Å². The fourth-order valence-electron chi connectivity index (χ4n) is 1.72. The monoisotopic (exact) mass is 360 g/mol. The van der Waals surface area contributed by atoms with Gasteiger partial charge in [0.1, 0.15) is 0 Å². The number of Topliss-reactive ketones (excluding diaryl/α,β-unsaturated/α-hetero) is 1. The van der Waals surface area contributed by atoms with Gasteiger partial charge in [-0.2, -0.15) is 0 Å². The Bertz CT molecular complexity index is 726. The number of hydrogen-bond acceptors (Lipinski definition) is 3. The number of anilines is 2. The first-order valence-corrected chi connectivity index (χ1v) is 7.24. The Morgan fingerprint density at radius 2 is 1.45 bits per heavy atom. The van der Waals surface area contributed by atoms with Gasteiger partial charge in [-0.25, -0.2) is 0 Å². The summed E-state index contributed by atoms with van der Waals surface area (Å²) in [5.74, 6) is -1.70. The second-order valence-electron chi connectivity index (χ2n) is 4.55. The van der Waals surface area contributed by atoms with Gasteiger partial charge in [0.15, 0.2) is 5.78 Å². The molecule has 0 saturated carbocycles. The summed E-state index contributed by atoms with van der Waals surface area (Å²) in [5, 5.41) is 4.94. The van der Waals surface area contributed by atoms with Crippen molar-refractivity contribution in [3.8, 4) is 0 Å². The van der Waals surface area contributed by atoms with Crippen LogP contribution in [0.3, 0.4) is 0 Å². The van der Waals surface area contributed by atoms with Crippen LogP contribution in [-0.2, 0) is 9.59 Å². The van der Waals surface area contributed by atoms with Crippen molar-refractivity contribution in [2.45, 2.75) is 6.92 Å². The van der Waals surface area contributed by atoms with Crippen molar-refractivity contribution < 1.29 is 14.4 Å². The number of nitrogens with one attached hydrogen (secondary N) is 2. The number of benzene rings is 2. The molecule has 0 heterocycles. The normalized spacial score (nSPS) is 9.91. The van der Waals surface area contributed by atoms with Crippen LogP contribution in [0.15, 0.2) is 53.0 Å². The third-order valence-electron chi connectivity index (χ3n) is 2.84. The van der Waals surface area contributed by atoms with E-state index >= 15 is 0 Å². The van der Waals surface area contributed by atoms with E-state index in [1.807, 2.05) is 0 Å². The number of rotatable bonds is 3. The van der Waals surface area contributed by atoms with Gasteiger partial charge in [0.05, 0.1) is 0 Å². The fraction of sp³-hybridized carbons (Fsp3) is 0.0625. The Kier molecular flexibility index (Phi) is 5.06. The van der Waals surface area contributed by atoms with Crippen LogP contribution in [0.5, 0.6) is 0 Å². The highest BCUT2D eigenvalue weighted by Gasteiger charge is 2.14. The Labute approximate surface area is 135 Å². The highest BCUT2D eigenvalue weighted by atomic mass is 79.9. The molecule has 2 aromatic rings. The molecule has 0 aliphatic heterocycles. The van der Waals surface area contributed by atoms with Crippen LogP contribution < -0.4 is 10.6 Å². The Balaban J connectivity index is 2.02. The number of amides is 2. The molecule has 112 valence electrons. The predicted octanol–water partition coefficient (Wildman–Crippen LogP) is 3.23. The third-order valence-corrected chi connectivity index (χ3v) is 3.36. The van der Waals surface area contributed by atoms with Gasteiger partial charge in [-0.15, -0.1) is 0 Å². The lowest BCUT2D eigenvalue weighted by atomic mass is 10.1. The summed E-state index contributed by atoms with van der Waals surface area (Å²) in [7, 11) is 0. The van der Waals surface area contributed by atoms with Crippen molar-refractivity contribution in [1.82, 2.24) is 0 Å². The van der Waals surface area contributed by atoms with Crippen molar-refractivity contribution in [3.05, 3.63) is 58.6 Å². The van der Waals surface area contributed by atoms with Crippen LogP contribution in [0.1, 0.15) is 17.3 Å². The molecule has 0 spiro atoms. The van der Waals surface area contributed by atoms with Gasteiger partial charge in [-0.05, 0) is 43.3 Å². The van der Waals surface area contributed by atoms with E-state index in [-0.39, 0.29) is 5.78 Å². The molecular weight excluding hydrogens is 348 g/mol. The SMILES string of the molecule is CC(=O)c1cccc(NC(=O)C(=O)Nc2ccc(Br)cc2)c1. The molecule has 2 rings (SSSR count). The molecule has 2 aromatic carbocycles. The summed E-state index contributed by atoms with van der Waals surface area (Å²) >= 11 is 3.28. The minimum Gasteiger partial charge on any atom is -0.318 e. The van der Waals surface area contributed by atoms with Gasteiger partial charge in [-0.3, -0.25) is 14.4 Å². The molecule has 5 nitrogen and oxygen atoms in total. The first kappa shape index (κ1) is 15.9. The van der Waals surface area contributed by atoms with Crippen molar-refractivity contribution in [2.75, 3.05) is 10.6 Å². The number of halogens is 1. The maximum Gasteiger partial charge on any atom is 0.314 e. The van der Waals surface area contributed by atoms with E-state index in [1.165, 1.54) is 13.0 Å². The van der Waals surface area contributed by atoms with E-state index in [4.69, 9.17) is 0 Å². The number of hydrogen-bond donors (Lipinski definition) is 2. The summed E-state index contributed by atoms with van der Waals surface area (Å²) in [6.07, 6.45) is 0. The molecule has 0 bridgehead atoms. The quantitative estimate of drug-likeness (QED) is 0.651. The summed E-state index contributed by atoms with van der Waals surface area (Å²) in [4.78, 5) is 35.0. The van der Waals surface area contributed by atoms with Crippen molar-refractivity contribution >= 4 is 44.9 Å². The molecule has 0 fully saturated rings. The van der Waals surface area contributed by atoms with E-state index in [2.05, 4.69) is 26.6 Å². The summed E-state index contributed by atoms with van der Waals surface area (Å²) in [6, 6.07) is 13.3. The Hall–Kier alpha value is -2.47. The Morgan fingerprint density at radius 1 is 0.864 bits per heavy atom. The average Bonchev–Trinajstić information content (AvgIpc) is 2.49. The molecule has 2 N–H and O–H groups in total. The molecule has 22 heavy (non-hydrogen) atoms. The zero-order valence-corrected chi connectivity index (χ0v) is 13.3. The lowest BCUT2D eigenvalue weighted by Crippen LogP contribution is -2.29. The van der Waals surface area contributed by atoms with Gasteiger partial charge in [0.2, 0.25) is 0 Å². The second-order valence-corrected chi connectivity index (χ2v) is 5.47. The minimum atomic E-state index is -0.802. The fourth-order valence-corrected chi connectivity index (χ4v) is 1.99. The molecule has 0 saturated heterocycles. The van der Waals surface area contributed by atoms with E-state index < -0.39 is 11.8 Å².